The fraction of sp³-hybridized carbons (Fsp3) is 0.0943. The van der Waals surface area contributed by atoms with Gasteiger partial charge in [0.2, 0.25) is 0 Å². The molecule has 0 saturated heterocycles. The van der Waals surface area contributed by atoms with Gasteiger partial charge in [-0.15, -0.1) is 63.0 Å². The Kier molecular flexibility index (Phi) is 12.4. The second-order valence-corrected chi connectivity index (χ2v) is 14.7. The van der Waals surface area contributed by atoms with Gasteiger partial charge in [0, 0.05) is 0 Å². The van der Waals surface area contributed by atoms with Gasteiger partial charge in [0.15, 0.2) is 0 Å². The molecule has 8 aromatic rings. The fourth-order valence-corrected chi connectivity index (χ4v) is 7.92. The standard InChI is InChI=1S/C23H17.C17H17.C13H10.Zr/c1-4-10-18(11-5-1)21-16-17-22(19-12-6-2-7-13-19)23(21)20-14-8-3-9-15-20;1-3-12-5-7-16-14(9-12)11-15-10-13(4-2)6-8-17(15)16;1-3-7-12(8-4-1)11-13-9-5-2-6-10-13;/h1-15H,16H2;5-11H,3-4H2,1-2H3;1-10H;/q2*-1;;+2. The van der Waals surface area contributed by atoms with Gasteiger partial charge in [-0.2, -0.15) is 11.6 Å². The van der Waals surface area contributed by atoms with Crippen molar-refractivity contribution in [3.05, 3.63) is 239 Å². The molecular weight excluding hydrogens is 728 g/mol. The van der Waals surface area contributed by atoms with Crippen LogP contribution in [0.4, 0.5) is 0 Å². The molecule has 0 saturated carbocycles. The summed E-state index contributed by atoms with van der Waals surface area (Å²) in [7, 11) is 0. The van der Waals surface area contributed by atoms with Crippen LogP contribution >= 0.6 is 0 Å². The SMILES string of the molecule is CCc1ccc2c(c1)[cH-]c1cc(CC)ccc12.[C-]1=C(c2ccccc2)C(c2ccccc2)=C(c2ccccc2)C1.[Zr+2]=[C](c1ccccc1)c1ccccc1. The number of rotatable bonds is 7. The monoisotopic (exact) mass is 770 g/mol. The van der Waals surface area contributed by atoms with Gasteiger partial charge in [-0.05, 0) is 18.4 Å². The molecule has 0 aromatic heterocycles. The van der Waals surface area contributed by atoms with Gasteiger partial charge >= 0.3 is 99.2 Å². The summed E-state index contributed by atoms with van der Waals surface area (Å²) >= 11 is 1.46. The molecular formula is C53H44Zr. The van der Waals surface area contributed by atoms with Gasteiger partial charge in [-0.1, -0.05) is 146 Å². The molecule has 1 heteroatoms. The summed E-state index contributed by atoms with van der Waals surface area (Å²) in [4.78, 5) is 0. The summed E-state index contributed by atoms with van der Waals surface area (Å²) in [6, 6.07) is 69.0. The number of allylic oxidation sites excluding steroid dienone is 4. The van der Waals surface area contributed by atoms with E-state index in [1.165, 1.54) is 105 Å². The second kappa shape index (κ2) is 18.1. The van der Waals surface area contributed by atoms with Crippen LogP contribution in [-0.2, 0) is 37.1 Å². The van der Waals surface area contributed by atoms with Crippen LogP contribution in [0.15, 0.2) is 194 Å². The topological polar surface area (TPSA) is 0 Å². The Bertz CT molecular complexity index is 2400. The number of hydrogen-bond donors (Lipinski definition) is 0. The first-order valence-electron chi connectivity index (χ1n) is 18.9. The van der Waals surface area contributed by atoms with Crippen LogP contribution in [0.3, 0.4) is 0 Å². The van der Waals surface area contributed by atoms with Gasteiger partial charge in [0.25, 0.3) is 0 Å². The first-order chi connectivity index (χ1) is 26.6. The zero-order valence-electron chi connectivity index (χ0n) is 31.1. The van der Waals surface area contributed by atoms with E-state index in [0.29, 0.717) is 0 Å². The molecule has 9 rings (SSSR count). The van der Waals surface area contributed by atoms with Crippen molar-refractivity contribution >= 4 is 41.5 Å². The Hall–Kier alpha value is -5.36. The molecule has 0 bridgehead atoms. The third-order valence-electron chi connectivity index (χ3n) is 10.0. The normalized spacial score (nSPS) is 12.1. The Labute approximate surface area is 335 Å². The molecule has 0 nitrogen and oxygen atoms in total. The third kappa shape index (κ3) is 8.71. The molecule has 0 aliphatic heterocycles. The second-order valence-electron chi connectivity index (χ2n) is 13.5. The summed E-state index contributed by atoms with van der Waals surface area (Å²) in [5, 5.41) is 5.54. The van der Waals surface area contributed by atoms with Crippen LogP contribution in [0.1, 0.15) is 59.2 Å². The van der Waals surface area contributed by atoms with Gasteiger partial charge in [-0.3, -0.25) is 0 Å². The van der Waals surface area contributed by atoms with E-state index < -0.39 is 0 Å². The van der Waals surface area contributed by atoms with Crippen LogP contribution < -0.4 is 0 Å². The summed E-state index contributed by atoms with van der Waals surface area (Å²) in [6.45, 7) is 4.41. The van der Waals surface area contributed by atoms with Crippen LogP contribution in [-0.4, -0.2) is 3.21 Å². The average Bonchev–Trinajstić information content (AvgIpc) is 3.87. The van der Waals surface area contributed by atoms with Gasteiger partial charge in [0.05, 0.1) is 0 Å². The molecule has 1 aliphatic carbocycles. The van der Waals surface area contributed by atoms with E-state index in [9.17, 15) is 0 Å². The average molecular weight is 772 g/mol. The summed E-state index contributed by atoms with van der Waals surface area (Å²) < 4.78 is 1.42. The minimum absolute atomic E-state index is 0.860. The summed E-state index contributed by atoms with van der Waals surface area (Å²) in [5.74, 6) is 0. The van der Waals surface area contributed by atoms with Crippen molar-refractivity contribution in [1.29, 1.82) is 0 Å². The molecule has 0 N–H and O–H groups in total. The molecule has 0 radical (unpaired) electrons. The van der Waals surface area contributed by atoms with Crippen LogP contribution in [0.25, 0.3) is 38.3 Å². The van der Waals surface area contributed by atoms with Crippen LogP contribution in [0.2, 0.25) is 0 Å². The summed E-state index contributed by atoms with van der Waals surface area (Å²) in [6.07, 6.45) is 6.69. The van der Waals surface area contributed by atoms with Crippen LogP contribution in [0.5, 0.6) is 0 Å². The molecule has 8 aromatic carbocycles. The van der Waals surface area contributed by atoms with Gasteiger partial charge in [0.1, 0.15) is 0 Å². The molecule has 0 spiro atoms. The van der Waals surface area contributed by atoms with E-state index in [1.54, 1.807) is 0 Å². The van der Waals surface area contributed by atoms with Crippen molar-refractivity contribution in [2.45, 2.75) is 33.1 Å². The number of fused-ring (bicyclic) bond motifs is 3. The number of aryl methyl sites for hydroxylation is 2. The van der Waals surface area contributed by atoms with E-state index in [1.807, 2.05) is 0 Å². The zero-order valence-corrected chi connectivity index (χ0v) is 33.6. The van der Waals surface area contributed by atoms with Crippen molar-refractivity contribution < 1.29 is 24.2 Å². The first kappa shape index (κ1) is 37.0. The molecule has 1 aliphatic rings. The number of benzene rings is 7. The van der Waals surface area contributed by atoms with E-state index >= 15 is 0 Å². The van der Waals surface area contributed by atoms with E-state index in [2.05, 4.69) is 214 Å². The van der Waals surface area contributed by atoms with Gasteiger partial charge < -0.3 is 0 Å². The molecule has 0 unspecified atom stereocenters. The van der Waals surface area contributed by atoms with Crippen LogP contribution in [0, 0.1) is 6.08 Å². The molecule has 260 valence electrons. The summed E-state index contributed by atoms with van der Waals surface area (Å²) in [5.41, 5.74) is 13.2. The predicted octanol–water partition coefficient (Wildman–Crippen LogP) is 13.5. The van der Waals surface area contributed by atoms with Crippen molar-refractivity contribution in [2.24, 2.45) is 0 Å². The van der Waals surface area contributed by atoms with E-state index in [0.717, 1.165) is 19.3 Å². The van der Waals surface area contributed by atoms with Crippen molar-refractivity contribution in [3.8, 4) is 0 Å². The predicted molar refractivity (Wildman–Crippen MR) is 229 cm³/mol. The maximum absolute atomic E-state index is 3.61. The molecule has 54 heavy (non-hydrogen) atoms. The maximum atomic E-state index is 3.61. The Balaban J connectivity index is 0.000000130. The first-order valence-corrected chi connectivity index (χ1v) is 20.2. The Morgan fingerprint density at radius 3 is 1.35 bits per heavy atom. The molecule has 0 heterocycles. The number of hydrogen-bond acceptors (Lipinski definition) is 0. The fourth-order valence-electron chi connectivity index (χ4n) is 7.10. The van der Waals surface area contributed by atoms with Crippen molar-refractivity contribution in [2.75, 3.05) is 0 Å². The quantitative estimate of drug-likeness (QED) is 0.142. The van der Waals surface area contributed by atoms with Crippen molar-refractivity contribution in [1.82, 2.24) is 0 Å². The van der Waals surface area contributed by atoms with Gasteiger partial charge in [-0.25, -0.2) is 0 Å². The Morgan fingerprint density at radius 2 is 0.907 bits per heavy atom. The molecule has 0 amide bonds. The zero-order chi connectivity index (χ0) is 37.1. The van der Waals surface area contributed by atoms with E-state index in [-0.39, 0.29) is 0 Å². The third-order valence-corrected chi connectivity index (χ3v) is 11.4. The van der Waals surface area contributed by atoms with Crippen molar-refractivity contribution in [3.63, 3.8) is 0 Å². The Morgan fingerprint density at radius 1 is 0.500 bits per heavy atom. The molecule has 0 fully saturated rings. The molecule has 0 atom stereocenters. The minimum atomic E-state index is 0.860. The van der Waals surface area contributed by atoms with E-state index in [4.69, 9.17) is 0 Å².